The Hall–Kier alpha value is -0.370. The molecule has 1 aromatic heterocycles. The van der Waals surface area contributed by atoms with Gasteiger partial charge in [-0.15, -0.1) is 34.5 Å². The van der Waals surface area contributed by atoms with Crippen LogP contribution in [0.5, 0.6) is 0 Å². The minimum Gasteiger partial charge on any atom is -0.274 e. The van der Waals surface area contributed by atoms with Gasteiger partial charge in [-0.1, -0.05) is 0 Å². The van der Waals surface area contributed by atoms with E-state index in [0.29, 0.717) is 10.7 Å². The lowest BCUT2D eigenvalue weighted by molar-refractivity contribution is -0.120. The first-order chi connectivity index (χ1) is 8.13. The van der Waals surface area contributed by atoms with Crippen molar-refractivity contribution in [3.63, 3.8) is 0 Å². The van der Waals surface area contributed by atoms with Crippen LogP contribution in [-0.4, -0.2) is 23.6 Å². The van der Waals surface area contributed by atoms with E-state index in [4.69, 9.17) is 23.2 Å². The molecule has 0 spiro atoms. The van der Waals surface area contributed by atoms with Crippen molar-refractivity contribution in [1.82, 2.24) is 9.71 Å². The largest absolute Gasteiger partial charge is 0.275 e. The standard InChI is InChI=1S/C9H10Cl2N2O3S2/c1-4-8(17-5(2)12-4)18(15,16)13-7(14)6-3-9(6,10)11/h6H,3H2,1-2H3,(H,13,14)/t6-/m0/s1. The Labute approximate surface area is 119 Å². The predicted octanol–water partition coefficient (Wildman–Crippen LogP) is 1.76. The van der Waals surface area contributed by atoms with Crippen LogP contribution in [0.25, 0.3) is 0 Å². The summed E-state index contributed by atoms with van der Waals surface area (Å²) in [5.74, 6) is -1.35. The number of halogens is 2. The quantitative estimate of drug-likeness (QED) is 0.858. The monoisotopic (exact) mass is 328 g/mol. The van der Waals surface area contributed by atoms with Crippen LogP contribution in [0, 0.1) is 19.8 Å². The van der Waals surface area contributed by atoms with Gasteiger partial charge in [-0.3, -0.25) is 4.79 Å². The van der Waals surface area contributed by atoms with Crippen molar-refractivity contribution in [3.8, 4) is 0 Å². The second-order valence-electron chi connectivity index (χ2n) is 4.09. The molecule has 2 rings (SSSR count). The highest BCUT2D eigenvalue weighted by atomic mass is 35.5. The molecular formula is C9H10Cl2N2O3S2. The summed E-state index contributed by atoms with van der Waals surface area (Å²) in [6, 6.07) is 0. The fraction of sp³-hybridized carbons (Fsp3) is 0.556. The van der Waals surface area contributed by atoms with E-state index in [1.807, 2.05) is 4.72 Å². The van der Waals surface area contributed by atoms with Crippen molar-refractivity contribution in [3.05, 3.63) is 10.7 Å². The van der Waals surface area contributed by atoms with Crippen molar-refractivity contribution < 1.29 is 13.2 Å². The van der Waals surface area contributed by atoms with Gasteiger partial charge in [0, 0.05) is 0 Å². The second-order valence-corrected chi connectivity index (χ2v) is 8.72. The highest BCUT2D eigenvalue weighted by Crippen LogP contribution is 2.53. The van der Waals surface area contributed by atoms with Gasteiger partial charge in [0.15, 0.2) is 4.21 Å². The second kappa shape index (κ2) is 4.33. The van der Waals surface area contributed by atoms with Crippen molar-refractivity contribution in [2.24, 2.45) is 5.92 Å². The normalized spacial score (nSPS) is 21.7. The van der Waals surface area contributed by atoms with E-state index in [-0.39, 0.29) is 10.6 Å². The van der Waals surface area contributed by atoms with E-state index in [0.717, 1.165) is 11.3 Å². The molecule has 1 aromatic rings. The van der Waals surface area contributed by atoms with Crippen LogP contribution in [0.2, 0.25) is 0 Å². The molecule has 0 aliphatic heterocycles. The minimum absolute atomic E-state index is 0.0451. The fourth-order valence-corrected chi connectivity index (χ4v) is 4.52. The molecule has 5 nitrogen and oxygen atoms in total. The Bertz CT molecular complexity index is 609. The molecule has 1 atom stereocenters. The Morgan fingerprint density at radius 1 is 1.50 bits per heavy atom. The van der Waals surface area contributed by atoms with E-state index in [9.17, 15) is 13.2 Å². The van der Waals surface area contributed by atoms with E-state index in [2.05, 4.69) is 4.98 Å². The van der Waals surface area contributed by atoms with Gasteiger partial charge in [-0.05, 0) is 20.3 Å². The zero-order chi connectivity index (χ0) is 13.7. The number of carbonyl (C=O) groups excluding carboxylic acids is 1. The zero-order valence-electron chi connectivity index (χ0n) is 9.53. The van der Waals surface area contributed by atoms with Crippen LogP contribution in [0.3, 0.4) is 0 Å². The van der Waals surface area contributed by atoms with Crippen molar-refractivity contribution >= 4 is 50.5 Å². The van der Waals surface area contributed by atoms with E-state index in [1.54, 1.807) is 13.8 Å². The number of sulfonamides is 1. The van der Waals surface area contributed by atoms with Gasteiger partial charge in [0.25, 0.3) is 10.0 Å². The van der Waals surface area contributed by atoms with Crippen LogP contribution in [0.15, 0.2) is 4.21 Å². The number of amides is 1. The molecule has 0 aromatic carbocycles. The first kappa shape index (κ1) is 14.0. The maximum Gasteiger partial charge on any atom is 0.275 e. The molecule has 18 heavy (non-hydrogen) atoms. The number of hydrogen-bond donors (Lipinski definition) is 1. The van der Waals surface area contributed by atoms with E-state index < -0.39 is 26.2 Å². The number of rotatable bonds is 3. The summed E-state index contributed by atoms with van der Waals surface area (Å²) in [5, 5.41) is 0.621. The van der Waals surface area contributed by atoms with Gasteiger partial charge in [-0.2, -0.15) is 0 Å². The topological polar surface area (TPSA) is 76.1 Å². The summed E-state index contributed by atoms with van der Waals surface area (Å²) >= 11 is 12.4. The summed E-state index contributed by atoms with van der Waals surface area (Å²) in [7, 11) is -3.89. The van der Waals surface area contributed by atoms with Gasteiger partial charge in [-0.25, -0.2) is 18.1 Å². The molecule has 1 N–H and O–H groups in total. The van der Waals surface area contributed by atoms with Crippen molar-refractivity contribution in [1.29, 1.82) is 0 Å². The molecule has 1 amide bonds. The molecule has 9 heteroatoms. The number of thiazole rings is 1. The zero-order valence-corrected chi connectivity index (χ0v) is 12.7. The fourth-order valence-electron chi connectivity index (χ4n) is 1.51. The van der Waals surface area contributed by atoms with Crippen molar-refractivity contribution in [2.75, 3.05) is 0 Å². The molecule has 0 radical (unpaired) electrons. The smallest absolute Gasteiger partial charge is 0.274 e. The number of aromatic nitrogens is 1. The first-order valence-electron chi connectivity index (χ1n) is 5.02. The molecule has 1 aliphatic rings. The molecule has 1 saturated carbocycles. The summed E-state index contributed by atoms with van der Waals surface area (Å²) in [6.45, 7) is 3.27. The van der Waals surface area contributed by atoms with Crippen LogP contribution in [0.1, 0.15) is 17.1 Å². The summed E-state index contributed by atoms with van der Waals surface area (Å²) < 4.78 is 24.8. The average Bonchev–Trinajstić information content (AvgIpc) is 2.68. The molecule has 0 unspecified atom stereocenters. The molecule has 1 aliphatic carbocycles. The van der Waals surface area contributed by atoms with Gasteiger partial charge < -0.3 is 0 Å². The third kappa shape index (κ3) is 2.64. The van der Waals surface area contributed by atoms with Crippen molar-refractivity contribution in [2.45, 2.75) is 28.8 Å². The molecule has 100 valence electrons. The molecule has 1 heterocycles. The predicted molar refractivity (Wildman–Crippen MR) is 69.5 cm³/mol. The number of aryl methyl sites for hydroxylation is 2. The molecule has 0 bridgehead atoms. The van der Waals surface area contributed by atoms with Crippen LogP contribution in [-0.2, 0) is 14.8 Å². The maximum atomic E-state index is 12.0. The summed E-state index contributed by atoms with van der Waals surface area (Å²) in [6.07, 6.45) is 0.262. The van der Waals surface area contributed by atoms with E-state index >= 15 is 0 Å². The van der Waals surface area contributed by atoms with Crippen LogP contribution >= 0.6 is 34.5 Å². The number of alkyl halides is 2. The minimum atomic E-state index is -3.89. The highest BCUT2D eigenvalue weighted by molar-refractivity contribution is 7.92. The lowest BCUT2D eigenvalue weighted by Crippen LogP contribution is -2.32. The first-order valence-corrected chi connectivity index (χ1v) is 8.07. The maximum absolute atomic E-state index is 12.0. The third-order valence-electron chi connectivity index (χ3n) is 2.48. The Morgan fingerprint density at radius 3 is 2.44 bits per heavy atom. The van der Waals surface area contributed by atoms with Gasteiger partial charge in [0.1, 0.15) is 4.33 Å². The average molecular weight is 329 g/mol. The van der Waals surface area contributed by atoms with Gasteiger partial charge in [0.2, 0.25) is 5.91 Å². The van der Waals surface area contributed by atoms with Crippen LogP contribution in [0.4, 0.5) is 0 Å². The lowest BCUT2D eigenvalue weighted by atomic mass is 10.4. The summed E-state index contributed by atoms with van der Waals surface area (Å²) in [4.78, 5) is 15.7. The number of nitrogens with zero attached hydrogens (tertiary/aromatic N) is 1. The number of carbonyl (C=O) groups is 1. The third-order valence-corrected chi connectivity index (χ3v) is 6.35. The molecule has 1 fully saturated rings. The SMILES string of the molecule is Cc1nc(C)c(S(=O)(=O)NC(=O)[C@@H]2CC2(Cl)Cl)s1. The highest BCUT2D eigenvalue weighted by Gasteiger charge is 2.57. The lowest BCUT2D eigenvalue weighted by Gasteiger charge is -2.05. The molecular weight excluding hydrogens is 319 g/mol. The number of nitrogens with one attached hydrogen (secondary N) is 1. The van der Waals surface area contributed by atoms with Crippen LogP contribution < -0.4 is 4.72 Å². The Balaban J connectivity index is 2.18. The Morgan fingerprint density at radius 2 is 2.06 bits per heavy atom. The van der Waals surface area contributed by atoms with Gasteiger partial charge in [0.05, 0.1) is 16.6 Å². The Kier molecular flexibility index (Phi) is 3.38. The summed E-state index contributed by atoms with van der Waals surface area (Å²) in [5.41, 5.74) is 0.372. The number of hydrogen-bond acceptors (Lipinski definition) is 5. The van der Waals surface area contributed by atoms with Gasteiger partial charge >= 0.3 is 0 Å². The molecule has 0 saturated heterocycles. The van der Waals surface area contributed by atoms with E-state index in [1.165, 1.54) is 0 Å².